The molecule has 0 atom stereocenters. The lowest BCUT2D eigenvalue weighted by Gasteiger charge is -2.16. The van der Waals surface area contributed by atoms with Gasteiger partial charge in [-0.3, -0.25) is 0 Å². The van der Waals surface area contributed by atoms with Crippen molar-refractivity contribution in [3.05, 3.63) is 24.8 Å². The predicted molar refractivity (Wildman–Crippen MR) is 71.1 cm³/mol. The molecule has 0 spiro atoms. The van der Waals surface area contributed by atoms with Gasteiger partial charge in [0.1, 0.15) is 0 Å². The van der Waals surface area contributed by atoms with Crippen LogP contribution in [-0.4, -0.2) is 0 Å². The maximum Gasteiger partial charge on any atom is -0.0143 e. The van der Waals surface area contributed by atoms with E-state index in [-0.39, 0.29) is 5.41 Å². The second kappa shape index (κ2) is 8.76. The lowest BCUT2D eigenvalue weighted by atomic mass is 9.89. The molecule has 0 aromatic carbocycles. The van der Waals surface area contributed by atoms with Gasteiger partial charge < -0.3 is 0 Å². The second-order valence-electron chi connectivity index (χ2n) is 5.07. The summed E-state index contributed by atoms with van der Waals surface area (Å²) in [6.07, 6.45) is 15.9. The summed E-state index contributed by atoms with van der Waals surface area (Å²) >= 11 is 0. The van der Waals surface area contributed by atoms with Gasteiger partial charge in [-0.05, 0) is 24.7 Å². The number of rotatable bonds is 9. The van der Waals surface area contributed by atoms with E-state index in [4.69, 9.17) is 0 Å². The monoisotopic (exact) mass is 208 g/mol. The van der Waals surface area contributed by atoms with Crippen LogP contribution in [0.5, 0.6) is 0 Å². The number of hydrogen-bond donors (Lipinski definition) is 0. The van der Waals surface area contributed by atoms with Crippen molar-refractivity contribution in [3.63, 3.8) is 0 Å². The van der Waals surface area contributed by atoms with Crippen molar-refractivity contribution in [1.82, 2.24) is 0 Å². The Bertz CT molecular complexity index is 174. The molecule has 0 bridgehead atoms. The van der Waals surface area contributed by atoms with Crippen molar-refractivity contribution >= 4 is 0 Å². The maximum atomic E-state index is 3.85. The van der Waals surface area contributed by atoms with Gasteiger partial charge in [0.2, 0.25) is 0 Å². The highest BCUT2D eigenvalue weighted by Gasteiger charge is 2.08. The zero-order valence-corrected chi connectivity index (χ0v) is 10.9. The van der Waals surface area contributed by atoms with Crippen LogP contribution < -0.4 is 0 Å². The molecule has 0 aromatic rings. The summed E-state index contributed by atoms with van der Waals surface area (Å²) in [5.41, 5.74) is 0.263. The van der Waals surface area contributed by atoms with Gasteiger partial charge >= 0.3 is 0 Å². The van der Waals surface area contributed by atoms with Crippen LogP contribution in [0.2, 0.25) is 0 Å². The average molecular weight is 208 g/mol. The van der Waals surface area contributed by atoms with Crippen molar-refractivity contribution in [2.24, 2.45) is 5.41 Å². The van der Waals surface area contributed by atoms with Crippen LogP contribution in [0.15, 0.2) is 24.8 Å². The third kappa shape index (κ3) is 9.78. The van der Waals surface area contributed by atoms with Crippen molar-refractivity contribution < 1.29 is 0 Å². The van der Waals surface area contributed by atoms with Gasteiger partial charge in [0.25, 0.3) is 0 Å². The Morgan fingerprint density at radius 2 is 1.67 bits per heavy atom. The SMILES string of the molecule is C=CC(C)(C)C/C=C/CCCCCCC. The van der Waals surface area contributed by atoms with E-state index in [2.05, 4.69) is 39.5 Å². The fourth-order valence-corrected chi connectivity index (χ4v) is 1.45. The van der Waals surface area contributed by atoms with Crippen LogP contribution in [-0.2, 0) is 0 Å². The van der Waals surface area contributed by atoms with Crippen LogP contribution in [0, 0.1) is 5.41 Å². The Balaban J connectivity index is 3.35. The minimum Gasteiger partial charge on any atom is -0.103 e. The average Bonchev–Trinajstić information content (AvgIpc) is 2.22. The molecule has 0 N–H and O–H groups in total. The molecule has 0 aliphatic heterocycles. The Hall–Kier alpha value is -0.520. The molecule has 0 rings (SSSR count). The summed E-state index contributed by atoms with van der Waals surface area (Å²) in [7, 11) is 0. The van der Waals surface area contributed by atoms with Crippen molar-refractivity contribution in [2.75, 3.05) is 0 Å². The molecule has 15 heavy (non-hydrogen) atoms. The van der Waals surface area contributed by atoms with E-state index in [1.54, 1.807) is 0 Å². The van der Waals surface area contributed by atoms with E-state index in [0.717, 1.165) is 6.42 Å². The lowest BCUT2D eigenvalue weighted by molar-refractivity contribution is 0.489. The normalized spacial score (nSPS) is 12.2. The molecule has 0 heterocycles. The Morgan fingerprint density at radius 3 is 2.27 bits per heavy atom. The Kier molecular flexibility index (Phi) is 8.46. The molecule has 0 fully saturated rings. The first-order valence-corrected chi connectivity index (χ1v) is 6.41. The minimum atomic E-state index is 0.263. The van der Waals surface area contributed by atoms with E-state index < -0.39 is 0 Å². The maximum absolute atomic E-state index is 3.85. The first-order valence-electron chi connectivity index (χ1n) is 6.41. The lowest BCUT2D eigenvalue weighted by Crippen LogP contribution is -2.03. The molecule has 0 amide bonds. The fraction of sp³-hybridized carbons (Fsp3) is 0.733. The Labute approximate surface area is 96.5 Å². The zero-order valence-electron chi connectivity index (χ0n) is 10.9. The highest BCUT2D eigenvalue weighted by atomic mass is 14.1. The van der Waals surface area contributed by atoms with Gasteiger partial charge in [-0.2, -0.15) is 0 Å². The third-order valence-corrected chi connectivity index (χ3v) is 2.84. The summed E-state index contributed by atoms with van der Waals surface area (Å²) in [5.74, 6) is 0. The molecule has 0 aromatic heterocycles. The number of hydrogen-bond acceptors (Lipinski definition) is 0. The van der Waals surface area contributed by atoms with Crippen LogP contribution in [0.4, 0.5) is 0 Å². The van der Waals surface area contributed by atoms with E-state index in [1.807, 2.05) is 6.08 Å². The number of unbranched alkanes of at least 4 members (excludes halogenated alkanes) is 5. The molecule has 0 unspecified atom stereocenters. The van der Waals surface area contributed by atoms with Crippen LogP contribution in [0.25, 0.3) is 0 Å². The largest absolute Gasteiger partial charge is 0.103 e. The second-order valence-corrected chi connectivity index (χ2v) is 5.07. The quantitative estimate of drug-likeness (QED) is 0.346. The zero-order chi connectivity index (χ0) is 11.6. The van der Waals surface area contributed by atoms with Gasteiger partial charge in [0.15, 0.2) is 0 Å². The van der Waals surface area contributed by atoms with Gasteiger partial charge in [-0.1, -0.05) is 64.7 Å². The molecule has 0 radical (unpaired) electrons. The highest BCUT2D eigenvalue weighted by Crippen LogP contribution is 2.21. The molecular weight excluding hydrogens is 180 g/mol. The van der Waals surface area contributed by atoms with Crippen molar-refractivity contribution in [3.8, 4) is 0 Å². The van der Waals surface area contributed by atoms with Crippen molar-refractivity contribution in [2.45, 2.75) is 65.7 Å². The molecular formula is C15H28. The van der Waals surface area contributed by atoms with Crippen LogP contribution in [0.1, 0.15) is 65.7 Å². The predicted octanol–water partition coefficient (Wildman–Crippen LogP) is 5.51. The van der Waals surface area contributed by atoms with Gasteiger partial charge in [-0.25, -0.2) is 0 Å². The fourth-order valence-electron chi connectivity index (χ4n) is 1.45. The van der Waals surface area contributed by atoms with E-state index in [0.29, 0.717) is 0 Å². The highest BCUT2D eigenvalue weighted by molar-refractivity contribution is 4.95. The van der Waals surface area contributed by atoms with Crippen LogP contribution >= 0.6 is 0 Å². The summed E-state index contributed by atoms with van der Waals surface area (Å²) in [5, 5.41) is 0. The topological polar surface area (TPSA) is 0 Å². The molecule has 0 saturated carbocycles. The first-order chi connectivity index (χ1) is 7.12. The summed E-state index contributed by atoms with van der Waals surface area (Å²) in [6, 6.07) is 0. The molecule has 0 aliphatic rings. The Morgan fingerprint density at radius 1 is 1.00 bits per heavy atom. The molecule has 88 valence electrons. The number of allylic oxidation sites excluding steroid dienone is 3. The minimum absolute atomic E-state index is 0.263. The molecule has 0 aliphatic carbocycles. The standard InChI is InChI=1S/C15H28/c1-5-7-8-9-10-11-12-13-14-15(3,4)6-2/h6,12-13H,2,5,7-11,14H2,1,3-4H3/b13-12+. The van der Waals surface area contributed by atoms with E-state index in [1.165, 1.54) is 38.5 Å². The first kappa shape index (κ1) is 14.5. The van der Waals surface area contributed by atoms with Crippen molar-refractivity contribution in [1.29, 1.82) is 0 Å². The third-order valence-electron chi connectivity index (χ3n) is 2.84. The summed E-state index contributed by atoms with van der Waals surface area (Å²) in [6.45, 7) is 10.6. The van der Waals surface area contributed by atoms with Gasteiger partial charge in [-0.15, -0.1) is 6.58 Å². The summed E-state index contributed by atoms with van der Waals surface area (Å²) in [4.78, 5) is 0. The molecule has 0 heteroatoms. The van der Waals surface area contributed by atoms with E-state index >= 15 is 0 Å². The molecule has 0 saturated heterocycles. The van der Waals surface area contributed by atoms with E-state index in [9.17, 15) is 0 Å². The molecule has 0 nitrogen and oxygen atoms in total. The van der Waals surface area contributed by atoms with Crippen LogP contribution in [0.3, 0.4) is 0 Å². The summed E-state index contributed by atoms with van der Waals surface area (Å²) < 4.78 is 0. The van der Waals surface area contributed by atoms with Gasteiger partial charge in [0, 0.05) is 0 Å². The van der Waals surface area contributed by atoms with Gasteiger partial charge in [0.05, 0.1) is 0 Å². The smallest absolute Gasteiger partial charge is 0.0143 e.